The summed E-state index contributed by atoms with van der Waals surface area (Å²) in [6.45, 7) is 5.97. The van der Waals surface area contributed by atoms with Crippen LogP contribution >= 0.6 is 23.2 Å². The monoisotopic (exact) mass is 444 g/mol. The van der Waals surface area contributed by atoms with E-state index in [4.69, 9.17) is 27.9 Å². The van der Waals surface area contributed by atoms with Crippen molar-refractivity contribution in [1.82, 2.24) is 4.98 Å². The lowest BCUT2D eigenvalue weighted by molar-refractivity contribution is 0.0519. The molecule has 0 bridgehead atoms. The second kappa shape index (κ2) is 9.37. The van der Waals surface area contributed by atoms with Gasteiger partial charge in [0.1, 0.15) is 5.69 Å². The van der Waals surface area contributed by atoms with Crippen molar-refractivity contribution in [3.8, 4) is 0 Å². The molecule has 0 saturated carbocycles. The van der Waals surface area contributed by atoms with Crippen molar-refractivity contribution in [2.45, 2.75) is 27.3 Å². The first kappa shape index (κ1) is 21.9. The molecule has 30 heavy (non-hydrogen) atoms. The molecule has 0 unspecified atom stereocenters. The van der Waals surface area contributed by atoms with Crippen LogP contribution in [0.2, 0.25) is 10.0 Å². The standard InChI is InChI=1S/C23H22Cl2N2O3/c1-4-30-23(29)21-14(2)19(15(3)26-21)13-27(17-9-7-8-16(24)12-17)22(28)18-10-5-6-11-20(18)25/h5-12,26H,4,13H2,1-3H3. The zero-order valence-corrected chi connectivity index (χ0v) is 18.5. The molecule has 0 aliphatic heterocycles. The van der Waals surface area contributed by atoms with Crippen LogP contribution < -0.4 is 4.90 Å². The number of carbonyl (C=O) groups excluding carboxylic acids is 2. The van der Waals surface area contributed by atoms with E-state index in [1.165, 1.54) is 0 Å². The minimum atomic E-state index is -0.420. The fourth-order valence-corrected chi connectivity index (χ4v) is 3.70. The summed E-state index contributed by atoms with van der Waals surface area (Å²) in [5, 5.41) is 0.878. The van der Waals surface area contributed by atoms with Gasteiger partial charge < -0.3 is 14.6 Å². The maximum atomic E-state index is 13.4. The van der Waals surface area contributed by atoms with Crippen LogP contribution in [0.1, 0.15) is 44.6 Å². The summed E-state index contributed by atoms with van der Waals surface area (Å²) in [4.78, 5) is 30.4. The number of aromatic nitrogens is 1. The van der Waals surface area contributed by atoms with E-state index in [0.29, 0.717) is 27.0 Å². The molecule has 156 valence electrons. The van der Waals surface area contributed by atoms with E-state index in [1.54, 1.807) is 54.3 Å². The minimum absolute atomic E-state index is 0.234. The Morgan fingerprint density at radius 1 is 1.07 bits per heavy atom. The summed E-state index contributed by atoms with van der Waals surface area (Å²) in [5.41, 5.74) is 3.76. The van der Waals surface area contributed by atoms with E-state index in [1.807, 2.05) is 19.9 Å². The normalized spacial score (nSPS) is 10.7. The van der Waals surface area contributed by atoms with Crippen molar-refractivity contribution in [2.75, 3.05) is 11.5 Å². The Morgan fingerprint density at radius 3 is 2.47 bits per heavy atom. The zero-order valence-electron chi connectivity index (χ0n) is 17.0. The molecule has 2 aromatic carbocycles. The van der Waals surface area contributed by atoms with Crippen molar-refractivity contribution in [2.24, 2.45) is 0 Å². The number of rotatable bonds is 6. The van der Waals surface area contributed by atoms with Gasteiger partial charge in [0, 0.05) is 16.4 Å². The predicted octanol–water partition coefficient (Wildman–Crippen LogP) is 5.96. The molecule has 0 spiro atoms. The number of nitrogens with one attached hydrogen (secondary N) is 1. The maximum Gasteiger partial charge on any atom is 0.355 e. The van der Waals surface area contributed by atoms with Crippen molar-refractivity contribution < 1.29 is 14.3 Å². The number of hydrogen-bond donors (Lipinski definition) is 1. The van der Waals surface area contributed by atoms with E-state index < -0.39 is 5.97 Å². The van der Waals surface area contributed by atoms with Crippen LogP contribution in [0.3, 0.4) is 0 Å². The van der Waals surface area contributed by atoms with Crippen molar-refractivity contribution in [3.63, 3.8) is 0 Å². The molecule has 1 heterocycles. The Hall–Kier alpha value is -2.76. The number of nitrogens with zero attached hydrogens (tertiary/aromatic N) is 1. The van der Waals surface area contributed by atoms with Gasteiger partial charge in [-0.15, -0.1) is 0 Å². The summed E-state index contributed by atoms with van der Waals surface area (Å²) >= 11 is 12.5. The number of anilines is 1. The number of hydrogen-bond acceptors (Lipinski definition) is 3. The topological polar surface area (TPSA) is 62.4 Å². The van der Waals surface area contributed by atoms with E-state index in [0.717, 1.165) is 16.8 Å². The van der Waals surface area contributed by atoms with Gasteiger partial charge in [-0.1, -0.05) is 41.4 Å². The molecular formula is C23H22Cl2N2O3. The largest absolute Gasteiger partial charge is 0.461 e. The molecule has 7 heteroatoms. The van der Waals surface area contributed by atoms with Gasteiger partial charge >= 0.3 is 5.97 Å². The van der Waals surface area contributed by atoms with Crippen LogP contribution in [0.25, 0.3) is 0 Å². The number of amides is 1. The third kappa shape index (κ3) is 4.53. The SMILES string of the molecule is CCOC(=O)c1[nH]c(C)c(CN(C(=O)c2ccccc2Cl)c2cccc(Cl)c2)c1C. The Bertz CT molecular complexity index is 1090. The summed E-state index contributed by atoms with van der Waals surface area (Å²) in [6, 6.07) is 14.0. The van der Waals surface area contributed by atoms with Crippen molar-refractivity contribution in [3.05, 3.63) is 86.7 Å². The highest BCUT2D eigenvalue weighted by Crippen LogP contribution is 2.28. The Morgan fingerprint density at radius 2 is 1.80 bits per heavy atom. The second-order valence-corrected chi connectivity index (χ2v) is 7.64. The Labute approximate surface area is 185 Å². The molecule has 5 nitrogen and oxygen atoms in total. The number of ether oxygens (including phenoxy) is 1. The molecule has 3 rings (SSSR count). The Kier molecular flexibility index (Phi) is 6.85. The van der Waals surface area contributed by atoms with Gasteiger partial charge in [-0.05, 0) is 62.2 Å². The third-order valence-corrected chi connectivity index (χ3v) is 5.42. The average Bonchev–Trinajstić information content (AvgIpc) is 3.00. The highest BCUT2D eigenvalue weighted by molar-refractivity contribution is 6.34. The molecule has 1 aromatic heterocycles. The van der Waals surface area contributed by atoms with Crippen LogP contribution in [0.5, 0.6) is 0 Å². The van der Waals surface area contributed by atoms with Gasteiger partial charge in [0.25, 0.3) is 5.91 Å². The van der Waals surface area contributed by atoms with Crippen LogP contribution in [0, 0.1) is 13.8 Å². The lowest BCUT2D eigenvalue weighted by Gasteiger charge is -2.24. The summed E-state index contributed by atoms with van der Waals surface area (Å²) in [6.07, 6.45) is 0. The van der Waals surface area contributed by atoms with Gasteiger partial charge in [-0.3, -0.25) is 4.79 Å². The minimum Gasteiger partial charge on any atom is -0.461 e. The van der Waals surface area contributed by atoms with Crippen LogP contribution in [-0.2, 0) is 11.3 Å². The highest BCUT2D eigenvalue weighted by atomic mass is 35.5. The Balaban J connectivity index is 2.06. The van der Waals surface area contributed by atoms with Crippen molar-refractivity contribution in [1.29, 1.82) is 0 Å². The molecule has 0 saturated heterocycles. The first-order chi connectivity index (χ1) is 14.3. The van der Waals surface area contributed by atoms with Gasteiger partial charge in [0.05, 0.1) is 23.7 Å². The number of aromatic amines is 1. The van der Waals surface area contributed by atoms with Gasteiger partial charge in [-0.25, -0.2) is 4.79 Å². The second-order valence-electron chi connectivity index (χ2n) is 6.80. The fourth-order valence-electron chi connectivity index (χ4n) is 3.30. The van der Waals surface area contributed by atoms with Crippen LogP contribution in [0.4, 0.5) is 5.69 Å². The molecule has 0 aliphatic rings. The van der Waals surface area contributed by atoms with E-state index in [2.05, 4.69) is 4.98 Å². The molecular weight excluding hydrogens is 423 g/mol. The molecule has 1 amide bonds. The summed E-state index contributed by atoms with van der Waals surface area (Å²) in [7, 11) is 0. The third-order valence-electron chi connectivity index (χ3n) is 4.86. The van der Waals surface area contributed by atoms with Gasteiger partial charge in [0.2, 0.25) is 0 Å². The number of benzene rings is 2. The summed E-state index contributed by atoms with van der Waals surface area (Å²) < 4.78 is 5.13. The van der Waals surface area contributed by atoms with E-state index in [9.17, 15) is 9.59 Å². The number of esters is 1. The highest BCUT2D eigenvalue weighted by Gasteiger charge is 2.25. The van der Waals surface area contributed by atoms with E-state index in [-0.39, 0.29) is 19.1 Å². The van der Waals surface area contributed by atoms with Crippen LogP contribution in [0.15, 0.2) is 48.5 Å². The average molecular weight is 445 g/mol. The maximum absolute atomic E-state index is 13.4. The lowest BCUT2D eigenvalue weighted by atomic mass is 10.1. The smallest absolute Gasteiger partial charge is 0.355 e. The van der Waals surface area contributed by atoms with Crippen LogP contribution in [-0.4, -0.2) is 23.5 Å². The first-order valence-electron chi connectivity index (χ1n) is 9.50. The fraction of sp³-hybridized carbons (Fsp3) is 0.217. The molecule has 0 aliphatic carbocycles. The molecule has 0 fully saturated rings. The predicted molar refractivity (Wildman–Crippen MR) is 120 cm³/mol. The zero-order chi connectivity index (χ0) is 21.8. The van der Waals surface area contributed by atoms with Gasteiger partial charge in [-0.2, -0.15) is 0 Å². The number of H-pyrrole nitrogens is 1. The molecule has 0 radical (unpaired) electrons. The van der Waals surface area contributed by atoms with E-state index >= 15 is 0 Å². The van der Waals surface area contributed by atoms with Crippen molar-refractivity contribution >= 4 is 40.8 Å². The number of aryl methyl sites for hydroxylation is 1. The number of halogens is 2. The molecule has 3 aromatic rings. The molecule has 0 atom stereocenters. The molecule has 1 N–H and O–H groups in total. The van der Waals surface area contributed by atoms with Gasteiger partial charge in [0.15, 0.2) is 0 Å². The first-order valence-corrected chi connectivity index (χ1v) is 10.3. The lowest BCUT2D eigenvalue weighted by Crippen LogP contribution is -2.31. The number of carbonyl (C=O) groups is 2. The quantitative estimate of drug-likeness (QED) is 0.476. The summed E-state index contributed by atoms with van der Waals surface area (Å²) in [5.74, 6) is -0.684.